The van der Waals surface area contributed by atoms with Crippen LogP contribution in [0.25, 0.3) is 0 Å². The highest BCUT2D eigenvalue weighted by atomic mass is 16.5. The lowest BCUT2D eigenvalue weighted by Gasteiger charge is -2.37. The van der Waals surface area contributed by atoms with Crippen LogP contribution in [0.3, 0.4) is 0 Å². The van der Waals surface area contributed by atoms with Gasteiger partial charge >= 0.3 is 0 Å². The van der Waals surface area contributed by atoms with Crippen LogP contribution in [0.5, 0.6) is 0 Å². The fourth-order valence-electron chi connectivity index (χ4n) is 3.32. The zero-order valence-electron chi connectivity index (χ0n) is 12.3. The van der Waals surface area contributed by atoms with Crippen molar-refractivity contribution in [2.45, 2.75) is 58.1 Å². The van der Waals surface area contributed by atoms with Crippen LogP contribution >= 0.6 is 0 Å². The molecule has 3 atom stereocenters. The zero-order chi connectivity index (χ0) is 13.8. The number of hydrogen-bond acceptors (Lipinski definition) is 3. The fourth-order valence-corrected chi connectivity index (χ4v) is 3.32. The number of likely N-dealkylation sites (tertiary alicyclic amines) is 1. The molecule has 2 aliphatic rings. The van der Waals surface area contributed by atoms with Crippen molar-refractivity contribution < 1.29 is 9.53 Å². The van der Waals surface area contributed by atoms with E-state index in [0.717, 1.165) is 51.8 Å². The molecule has 0 spiro atoms. The number of amides is 1. The van der Waals surface area contributed by atoms with Gasteiger partial charge in [0, 0.05) is 31.7 Å². The van der Waals surface area contributed by atoms with Gasteiger partial charge in [0.25, 0.3) is 0 Å². The molecule has 2 rings (SSSR count). The lowest BCUT2D eigenvalue weighted by atomic mass is 9.79. The zero-order valence-corrected chi connectivity index (χ0v) is 12.3. The van der Waals surface area contributed by atoms with Crippen molar-refractivity contribution in [1.29, 1.82) is 0 Å². The summed E-state index contributed by atoms with van der Waals surface area (Å²) in [5, 5.41) is 0. The Morgan fingerprint density at radius 1 is 1.26 bits per heavy atom. The van der Waals surface area contributed by atoms with Gasteiger partial charge in [0.1, 0.15) is 0 Å². The fraction of sp³-hybridized carbons (Fsp3) is 0.933. The number of rotatable bonds is 3. The number of carbonyl (C=O) groups excluding carboxylic acids is 1. The van der Waals surface area contributed by atoms with Crippen molar-refractivity contribution in [3.05, 3.63) is 0 Å². The number of hydrogen-bond donors (Lipinski definition) is 1. The molecular formula is C15H28N2O2. The maximum atomic E-state index is 12.5. The molecule has 1 heterocycles. The van der Waals surface area contributed by atoms with Crippen molar-refractivity contribution in [2.75, 3.05) is 19.7 Å². The van der Waals surface area contributed by atoms with Crippen LogP contribution in [0, 0.1) is 11.8 Å². The number of nitrogens with zero attached hydrogens (tertiary/aromatic N) is 1. The molecule has 3 unspecified atom stereocenters. The third-order valence-electron chi connectivity index (χ3n) is 4.76. The molecule has 0 radical (unpaired) electrons. The number of carbonyl (C=O) groups is 1. The molecule has 1 saturated carbocycles. The van der Waals surface area contributed by atoms with E-state index in [1.54, 1.807) is 0 Å². The Kier molecular flexibility index (Phi) is 5.22. The van der Waals surface area contributed by atoms with Gasteiger partial charge in [-0.1, -0.05) is 6.92 Å². The van der Waals surface area contributed by atoms with Gasteiger partial charge in [0.15, 0.2) is 0 Å². The van der Waals surface area contributed by atoms with Crippen LogP contribution in [0.15, 0.2) is 0 Å². The highest BCUT2D eigenvalue weighted by Gasteiger charge is 2.33. The second kappa shape index (κ2) is 6.71. The summed E-state index contributed by atoms with van der Waals surface area (Å²) in [5.41, 5.74) is 6.11. The van der Waals surface area contributed by atoms with Crippen molar-refractivity contribution in [3.63, 3.8) is 0 Å². The average molecular weight is 268 g/mol. The summed E-state index contributed by atoms with van der Waals surface area (Å²) < 4.78 is 5.63. The minimum Gasteiger partial charge on any atom is -0.378 e. The largest absolute Gasteiger partial charge is 0.378 e. The standard InChI is InChI=1S/C15H28N2O2/c1-3-19-13-6-8-17(9-7-13)15(18)12-5-4-11(2)14(16)10-12/h11-14H,3-10,16H2,1-2H3. The minimum atomic E-state index is 0.162. The molecule has 0 aromatic carbocycles. The lowest BCUT2D eigenvalue weighted by molar-refractivity contribution is -0.139. The van der Waals surface area contributed by atoms with Crippen LogP contribution < -0.4 is 5.73 Å². The maximum Gasteiger partial charge on any atom is 0.225 e. The Labute approximate surface area is 116 Å². The molecule has 0 bridgehead atoms. The summed E-state index contributed by atoms with van der Waals surface area (Å²) in [5.74, 6) is 1.06. The molecule has 4 heteroatoms. The number of piperidine rings is 1. The third kappa shape index (κ3) is 3.69. The molecule has 1 aliphatic carbocycles. The van der Waals surface area contributed by atoms with E-state index in [9.17, 15) is 4.79 Å². The Morgan fingerprint density at radius 3 is 2.53 bits per heavy atom. The summed E-state index contributed by atoms with van der Waals surface area (Å²) in [4.78, 5) is 14.5. The van der Waals surface area contributed by atoms with Gasteiger partial charge in [0.2, 0.25) is 5.91 Å². The second-order valence-electron chi connectivity index (χ2n) is 6.13. The molecule has 110 valence electrons. The third-order valence-corrected chi connectivity index (χ3v) is 4.76. The summed E-state index contributed by atoms with van der Waals surface area (Å²) in [6.07, 6.45) is 5.28. The molecule has 1 amide bonds. The molecule has 0 aromatic heterocycles. The first-order chi connectivity index (χ1) is 9.11. The maximum absolute atomic E-state index is 12.5. The quantitative estimate of drug-likeness (QED) is 0.849. The molecule has 4 nitrogen and oxygen atoms in total. The first kappa shape index (κ1) is 14.8. The van der Waals surface area contributed by atoms with Gasteiger partial charge in [-0.3, -0.25) is 4.79 Å². The SMILES string of the molecule is CCOC1CCN(C(=O)C2CCC(C)C(N)C2)CC1. The van der Waals surface area contributed by atoms with Crippen molar-refractivity contribution >= 4 is 5.91 Å². The first-order valence-corrected chi connectivity index (χ1v) is 7.77. The summed E-state index contributed by atoms with van der Waals surface area (Å²) in [6, 6.07) is 0.198. The van der Waals surface area contributed by atoms with Gasteiger partial charge in [-0.25, -0.2) is 0 Å². The summed E-state index contributed by atoms with van der Waals surface area (Å²) in [6.45, 7) is 6.70. The predicted molar refractivity (Wildman–Crippen MR) is 75.7 cm³/mol. The number of nitrogens with two attached hydrogens (primary N) is 1. The van der Waals surface area contributed by atoms with Crippen LogP contribution in [0.1, 0.15) is 46.0 Å². The van der Waals surface area contributed by atoms with Crippen molar-refractivity contribution in [3.8, 4) is 0 Å². The number of ether oxygens (including phenoxy) is 1. The van der Waals surface area contributed by atoms with E-state index >= 15 is 0 Å². The van der Waals surface area contributed by atoms with Gasteiger partial charge in [-0.05, 0) is 44.9 Å². The Balaban J connectivity index is 1.81. The van der Waals surface area contributed by atoms with E-state index in [-0.39, 0.29) is 12.0 Å². The molecule has 19 heavy (non-hydrogen) atoms. The van der Waals surface area contributed by atoms with E-state index in [4.69, 9.17) is 10.5 Å². The second-order valence-corrected chi connectivity index (χ2v) is 6.13. The van der Waals surface area contributed by atoms with Crippen LogP contribution in [-0.2, 0) is 9.53 Å². The van der Waals surface area contributed by atoms with E-state index in [1.165, 1.54) is 0 Å². The monoisotopic (exact) mass is 268 g/mol. The van der Waals surface area contributed by atoms with E-state index in [2.05, 4.69) is 6.92 Å². The van der Waals surface area contributed by atoms with Gasteiger partial charge in [-0.15, -0.1) is 0 Å². The van der Waals surface area contributed by atoms with Gasteiger partial charge < -0.3 is 15.4 Å². The van der Waals surface area contributed by atoms with E-state index in [1.807, 2.05) is 11.8 Å². The topological polar surface area (TPSA) is 55.6 Å². The Morgan fingerprint density at radius 2 is 1.95 bits per heavy atom. The lowest BCUT2D eigenvalue weighted by Crippen LogP contribution is -2.47. The molecule has 1 aliphatic heterocycles. The van der Waals surface area contributed by atoms with Gasteiger partial charge in [-0.2, -0.15) is 0 Å². The highest BCUT2D eigenvalue weighted by molar-refractivity contribution is 5.79. The van der Waals surface area contributed by atoms with Gasteiger partial charge in [0.05, 0.1) is 6.10 Å². The van der Waals surface area contributed by atoms with E-state index < -0.39 is 0 Å². The Hall–Kier alpha value is -0.610. The van der Waals surface area contributed by atoms with Crippen LogP contribution in [0.2, 0.25) is 0 Å². The smallest absolute Gasteiger partial charge is 0.225 e. The molecule has 1 saturated heterocycles. The minimum absolute atomic E-state index is 0.162. The molecule has 2 fully saturated rings. The van der Waals surface area contributed by atoms with Crippen molar-refractivity contribution in [2.24, 2.45) is 17.6 Å². The van der Waals surface area contributed by atoms with Crippen LogP contribution in [-0.4, -0.2) is 42.6 Å². The predicted octanol–water partition coefficient (Wildman–Crippen LogP) is 1.78. The first-order valence-electron chi connectivity index (χ1n) is 7.77. The van der Waals surface area contributed by atoms with E-state index in [0.29, 0.717) is 17.9 Å². The van der Waals surface area contributed by atoms with Crippen molar-refractivity contribution in [1.82, 2.24) is 4.90 Å². The Bertz CT molecular complexity index is 301. The average Bonchev–Trinajstić information content (AvgIpc) is 2.42. The normalized spacial score (nSPS) is 33.4. The summed E-state index contributed by atoms with van der Waals surface area (Å²) >= 11 is 0. The molecular weight excluding hydrogens is 240 g/mol. The molecule has 2 N–H and O–H groups in total. The summed E-state index contributed by atoms with van der Waals surface area (Å²) in [7, 11) is 0. The van der Waals surface area contributed by atoms with Crippen LogP contribution in [0.4, 0.5) is 0 Å². The molecule has 0 aromatic rings. The highest BCUT2D eigenvalue weighted by Crippen LogP contribution is 2.29.